The van der Waals surface area contributed by atoms with Crippen molar-refractivity contribution in [2.45, 2.75) is 20.0 Å². The summed E-state index contributed by atoms with van der Waals surface area (Å²) in [5.74, 6) is 0.334. The molecule has 0 aromatic heterocycles. The van der Waals surface area contributed by atoms with E-state index in [1.54, 1.807) is 31.2 Å². The quantitative estimate of drug-likeness (QED) is 0.816. The molecular weight excluding hydrogens is 308 g/mol. The molecule has 2 aromatic rings. The molecule has 0 bridgehead atoms. The van der Waals surface area contributed by atoms with Crippen molar-refractivity contribution in [3.05, 3.63) is 54.1 Å². The van der Waals surface area contributed by atoms with Gasteiger partial charge in [-0.25, -0.2) is 0 Å². The van der Waals surface area contributed by atoms with Gasteiger partial charge in [-0.1, -0.05) is 12.1 Å². The molecule has 2 aromatic carbocycles. The third-order valence-corrected chi connectivity index (χ3v) is 3.17. The summed E-state index contributed by atoms with van der Waals surface area (Å²) in [6.07, 6.45) is -0.641. The fourth-order valence-corrected chi connectivity index (χ4v) is 1.98. The molecule has 126 valence electrons. The third-order valence-electron chi connectivity index (χ3n) is 3.17. The minimum atomic E-state index is -0.641. The summed E-state index contributed by atoms with van der Waals surface area (Å²) in [5.41, 5.74) is 6.67. The molecule has 1 atom stereocenters. The molecule has 0 aliphatic carbocycles. The molecule has 0 spiro atoms. The first-order valence-electron chi connectivity index (χ1n) is 7.49. The summed E-state index contributed by atoms with van der Waals surface area (Å²) in [5, 5.41) is 2.76. The molecule has 2 rings (SSSR count). The van der Waals surface area contributed by atoms with Gasteiger partial charge in [-0.3, -0.25) is 9.59 Å². The Morgan fingerprint density at radius 3 is 2.46 bits per heavy atom. The van der Waals surface area contributed by atoms with Crippen molar-refractivity contribution >= 4 is 17.5 Å². The van der Waals surface area contributed by atoms with E-state index in [4.69, 9.17) is 15.2 Å². The van der Waals surface area contributed by atoms with Crippen LogP contribution in [0.15, 0.2) is 48.5 Å². The van der Waals surface area contributed by atoms with Crippen molar-refractivity contribution in [3.8, 4) is 11.5 Å². The van der Waals surface area contributed by atoms with Gasteiger partial charge in [0.05, 0.1) is 0 Å². The van der Waals surface area contributed by atoms with Crippen LogP contribution in [-0.2, 0) is 9.59 Å². The summed E-state index contributed by atoms with van der Waals surface area (Å²) < 4.78 is 10.8. The topological polar surface area (TPSA) is 90.7 Å². The number of nitrogens with two attached hydrogens (primary N) is 1. The zero-order valence-electron chi connectivity index (χ0n) is 13.6. The second kappa shape index (κ2) is 8.01. The van der Waals surface area contributed by atoms with Crippen LogP contribution in [0.2, 0.25) is 0 Å². The number of amides is 2. The number of benzene rings is 2. The lowest BCUT2D eigenvalue weighted by Crippen LogP contribution is -2.30. The van der Waals surface area contributed by atoms with Gasteiger partial charge in [0.1, 0.15) is 11.5 Å². The van der Waals surface area contributed by atoms with Gasteiger partial charge >= 0.3 is 0 Å². The largest absolute Gasteiger partial charge is 0.484 e. The molecule has 3 N–H and O–H groups in total. The Labute approximate surface area is 140 Å². The first-order chi connectivity index (χ1) is 11.4. The van der Waals surface area contributed by atoms with Crippen molar-refractivity contribution in [1.29, 1.82) is 0 Å². The normalized spacial score (nSPS) is 11.4. The van der Waals surface area contributed by atoms with E-state index in [9.17, 15) is 9.59 Å². The molecule has 0 aliphatic heterocycles. The first kappa shape index (κ1) is 17.3. The van der Waals surface area contributed by atoms with E-state index in [1.165, 1.54) is 0 Å². The van der Waals surface area contributed by atoms with E-state index in [2.05, 4.69) is 5.32 Å². The average Bonchev–Trinajstić information content (AvgIpc) is 2.54. The molecule has 2 amide bonds. The van der Waals surface area contributed by atoms with Gasteiger partial charge in [-0.2, -0.15) is 0 Å². The number of anilines is 1. The maximum absolute atomic E-state index is 12.2. The van der Waals surface area contributed by atoms with Crippen LogP contribution in [-0.4, -0.2) is 24.5 Å². The molecule has 6 heteroatoms. The van der Waals surface area contributed by atoms with Crippen LogP contribution in [0.5, 0.6) is 11.5 Å². The van der Waals surface area contributed by atoms with E-state index >= 15 is 0 Å². The lowest BCUT2D eigenvalue weighted by Gasteiger charge is -2.15. The van der Waals surface area contributed by atoms with Crippen LogP contribution >= 0.6 is 0 Å². The van der Waals surface area contributed by atoms with Gasteiger partial charge in [0.15, 0.2) is 12.7 Å². The second-order valence-corrected chi connectivity index (χ2v) is 5.35. The SMILES string of the molecule is Cc1cccc(OC(C)C(=O)Nc2ccc(OCC(N)=O)cc2)c1. The monoisotopic (exact) mass is 328 g/mol. The first-order valence-corrected chi connectivity index (χ1v) is 7.49. The molecule has 24 heavy (non-hydrogen) atoms. The minimum Gasteiger partial charge on any atom is -0.484 e. The Balaban J connectivity index is 1.90. The van der Waals surface area contributed by atoms with Crippen molar-refractivity contribution in [3.63, 3.8) is 0 Å². The summed E-state index contributed by atoms with van der Waals surface area (Å²) in [6, 6.07) is 14.1. The fraction of sp³-hybridized carbons (Fsp3) is 0.222. The number of hydrogen-bond donors (Lipinski definition) is 2. The summed E-state index contributed by atoms with van der Waals surface area (Å²) in [4.78, 5) is 22.8. The number of primary amides is 1. The zero-order valence-corrected chi connectivity index (χ0v) is 13.6. The molecule has 0 saturated carbocycles. The van der Waals surface area contributed by atoms with Crippen LogP contribution in [0.4, 0.5) is 5.69 Å². The zero-order chi connectivity index (χ0) is 17.5. The smallest absolute Gasteiger partial charge is 0.265 e. The number of aryl methyl sites for hydroxylation is 1. The highest BCUT2D eigenvalue weighted by Gasteiger charge is 2.15. The van der Waals surface area contributed by atoms with E-state index in [-0.39, 0.29) is 12.5 Å². The molecule has 6 nitrogen and oxygen atoms in total. The predicted molar refractivity (Wildman–Crippen MR) is 91.0 cm³/mol. The van der Waals surface area contributed by atoms with Gasteiger partial charge < -0.3 is 20.5 Å². The number of carbonyl (C=O) groups is 2. The molecule has 0 radical (unpaired) electrons. The maximum atomic E-state index is 12.2. The van der Waals surface area contributed by atoms with Crippen LogP contribution in [0.3, 0.4) is 0 Å². The summed E-state index contributed by atoms with van der Waals surface area (Å²) >= 11 is 0. The van der Waals surface area contributed by atoms with Crippen molar-refractivity contribution < 1.29 is 19.1 Å². The van der Waals surface area contributed by atoms with Gasteiger partial charge in [0.2, 0.25) is 0 Å². The Bertz CT molecular complexity index is 713. The molecule has 0 fully saturated rings. The molecular formula is C18H20N2O4. The molecule has 0 saturated heterocycles. The van der Waals surface area contributed by atoms with Gasteiger partial charge in [0.25, 0.3) is 11.8 Å². The van der Waals surface area contributed by atoms with Crippen LogP contribution in [0.25, 0.3) is 0 Å². The van der Waals surface area contributed by atoms with Gasteiger partial charge in [-0.15, -0.1) is 0 Å². The van der Waals surface area contributed by atoms with Gasteiger partial charge in [0, 0.05) is 5.69 Å². The van der Waals surface area contributed by atoms with E-state index < -0.39 is 12.0 Å². The average molecular weight is 328 g/mol. The number of hydrogen-bond acceptors (Lipinski definition) is 4. The molecule has 1 unspecified atom stereocenters. The van der Waals surface area contributed by atoms with E-state index in [0.29, 0.717) is 17.2 Å². The minimum absolute atomic E-state index is 0.187. The summed E-state index contributed by atoms with van der Waals surface area (Å²) in [6.45, 7) is 3.45. The van der Waals surface area contributed by atoms with Crippen molar-refractivity contribution in [2.75, 3.05) is 11.9 Å². The van der Waals surface area contributed by atoms with Gasteiger partial charge in [-0.05, 0) is 55.8 Å². The number of nitrogens with one attached hydrogen (secondary N) is 1. The molecule has 0 heterocycles. The second-order valence-electron chi connectivity index (χ2n) is 5.35. The van der Waals surface area contributed by atoms with Crippen LogP contribution in [0.1, 0.15) is 12.5 Å². The third kappa shape index (κ3) is 5.31. The van der Waals surface area contributed by atoms with Crippen molar-refractivity contribution in [1.82, 2.24) is 0 Å². The van der Waals surface area contributed by atoms with Crippen LogP contribution < -0.4 is 20.5 Å². The van der Waals surface area contributed by atoms with Crippen LogP contribution in [0, 0.1) is 6.92 Å². The highest BCUT2D eigenvalue weighted by molar-refractivity contribution is 5.94. The Kier molecular flexibility index (Phi) is 5.78. The predicted octanol–water partition coefficient (Wildman–Crippen LogP) is 2.27. The Hall–Kier alpha value is -3.02. The fourth-order valence-electron chi connectivity index (χ4n) is 1.98. The number of rotatable bonds is 7. The van der Waals surface area contributed by atoms with Crippen molar-refractivity contribution in [2.24, 2.45) is 5.73 Å². The van der Waals surface area contributed by atoms with E-state index in [0.717, 1.165) is 5.56 Å². The Morgan fingerprint density at radius 1 is 1.12 bits per heavy atom. The lowest BCUT2D eigenvalue weighted by molar-refractivity contribution is -0.122. The lowest BCUT2D eigenvalue weighted by atomic mass is 10.2. The number of ether oxygens (including phenoxy) is 2. The number of carbonyl (C=O) groups excluding carboxylic acids is 2. The Morgan fingerprint density at radius 2 is 1.83 bits per heavy atom. The summed E-state index contributed by atoms with van der Waals surface area (Å²) in [7, 11) is 0. The highest BCUT2D eigenvalue weighted by Crippen LogP contribution is 2.17. The molecule has 0 aliphatic rings. The van der Waals surface area contributed by atoms with E-state index in [1.807, 2.05) is 31.2 Å². The maximum Gasteiger partial charge on any atom is 0.265 e. The highest BCUT2D eigenvalue weighted by atomic mass is 16.5. The standard InChI is InChI=1S/C18H20N2O4/c1-12-4-3-5-16(10-12)24-13(2)18(22)20-14-6-8-15(9-7-14)23-11-17(19)21/h3-10,13H,11H2,1-2H3,(H2,19,21)(H,20,22).